The Morgan fingerprint density at radius 3 is 2.86 bits per heavy atom. The maximum atomic E-state index is 11.3. The molecule has 0 aliphatic heterocycles. The van der Waals surface area contributed by atoms with Crippen LogP contribution in [0.3, 0.4) is 0 Å². The zero-order chi connectivity index (χ0) is 10.7. The highest BCUT2D eigenvalue weighted by molar-refractivity contribution is 5.72. The Kier molecular flexibility index (Phi) is 3.03. The molecule has 0 bridgehead atoms. The van der Waals surface area contributed by atoms with Crippen molar-refractivity contribution in [3.05, 3.63) is 34.2 Å². The van der Waals surface area contributed by atoms with Crippen LogP contribution in [0.2, 0.25) is 0 Å². The topological polar surface area (TPSA) is 85.3 Å². The number of hydrogen-bond donors (Lipinski definition) is 2. The van der Waals surface area contributed by atoms with Crippen LogP contribution in [0.4, 0.5) is 0 Å². The summed E-state index contributed by atoms with van der Waals surface area (Å²) >= 11 is 0. The SMILES string of the molecule is Cc1ccn(CC(N)C(=O)O)c(=O)c1. The van der Waals surface area contributed by atoms with Gasteiger partial charge in [0.05, 0.1) is 6.54 Å². The van der Waals surface area contributed by atoms with E-state index in [2.05, 4.69) is 0 Å². The largest absolute Gasteiger partial charge is 0.480 e. The molecule has 1 unspecified atom stereocenters. The van der Waals surface area contributed by atoms with E-state index < -0.39 is 12.0 Å². The Morgan fingerprint density at radius 1 is 1.71 bits per heavy atom. The molecule has 5 heteroatoms. The van der Waals surface area contributed by atoms with Gasteiger partial charge in [0.2, 0.25) is 0 Å². The summed E-state index contributed by atoms with van der Waals surface area (Å²) in [6.07, 6.45) is 1.54. The van der Waals surface area contributed by atoms with Crippen LogP contribution < -0.4 is 11.3 Å². The first kappa shape index (κ1) is 10.5. The van der Waals surface area contributed by atoms with E-state index in [0.29, 0.717) is 0 Å². The highest BCUT2D eigenvalue weighted by atomic mass is 16.4. The molecule has 0 amide bonds. The number of rotatable bonds is 3. The van der Waals surface area contributed by atoms with E-state index in [-0.39, 0.29) is 12.1 Å². The number of pyridine rings is 1. The Bertz CT molecular complexity index is 397. The summed E-state index contributed by atoms with van der Waals surface area (Å²) < 4.78 is 1.28. The number of hydrogen-bond acceptors (Lipinski definition) is 3. The number of nitrogens with two attached hydrogens (primary N) is 1. The average molecular weight is 196 g/mol. The van der Waals surface area contributed by atoms with Gasteiger partial charge in [0.15, 0.2) is 0 Å². The number of aliphatic carboxylic acids is 1. The molecule has 76 valence electrons. The quantitative estimate of drug-likeness (QED) is 0.686. The van der Waals surface area contributed by atoms with Gasteiger partial charge in [0.1, 0.15) is 6.04 Å². The summed E-state index contributed by atoms with van der Waals surface area (Å²) in [5, 5.41) is 8.55. The van der Waals surface area contributed by atoms with Gasteiger partial charge in [-0.15, -0.1) is 0 Å². The second-order valence-electron chi connectivity index (χ2n) is 3.14. The maximum Gasteiger partial charge on any atom is 0.322 e. The van der Waals surface area contributed by atoms with Crippen LogP contribution in [0.15, 0.2) is 23.1 Å². The van der Waals surface area contributed by atoms with Crippen LogP contribution in [0, 0.1) is 6.92 Å². The summed E-state index contributed by atoms with van der Waals surface area (Å²) in [6, 6.07) is 2.13. The van der Waals surface area contributed by atoms with E-state index in [1.54, 1.807) is 19.2 Å². The van der Waals surface area contributed by atoms with Gasteiger partial charge in [0.25, 0.3) is 5.56 Å². The lowest BCUT2D eigenvalue weighted by atomic mass is 10.3. The molecule has 0 spiro atoms. The molecule has 1 aromatic heterocycles. The molecule has 0 fully saturated rings. The molecule has 1 aromatic rings. The minimum Gasteiger partial charge on any atom is -0.480 e. The van der Waals surface area contributed by atoms with Crippen LogP contribution >= 0.6 is 0 Å². The van der Waals surface area contributed by atoms with E-state index in [9.17, 15) is 9.59 Å². The third-order valence-corrected chi connectivity index (χ3v) is 1.86. The van der Waals surface area contributed by atoms with E-state index in [1.807, 2.05) is 0 Å². The standard InChI is InChI=1S/C9H12N2O3/c1-6-2-3-11(8(12)4-6)5-7(10)9(13)14/h2-4,7H,5,10H2,1H3,(H,13,14). The predicted molar refractivity (Wildman–Crippen MR) is 51.1 cm³/mol. The van der Waals surface area contributed by atoms with Gasteiger partial charge >= 0.3 is 5.97 Å². The fraction of sp³-hybridized carbons (Fsp3) is 0.333. The summed E-state index contributed by atoms with van der Waals surface area (Å²) in [4.78, 5) is 21.8. The summed E-state index contributed by atoms with van der Waals surface area (Å²) in [7, 11) is 0. The monoisotopic (exact) mass is 196 g/mol. The van der Waals surface area contributed by atoms with Crippen molar-refractivity contribution in [1.82, 2.24) is 4.57 Å². The molecule has 1 rings (SSSR count). The third kappa shape index (κ3) is 2.43. The highest BCUT2D eigenvalue weighted by Gasteiger charge is 2.12. The van der Waals surface area contributed by atoms with Crippen LogP contribution in [-0.4, -0.2) is 21.7 Å². The van der Waals surface area contributed by atoms with Crippen molar-refractivity contribution in [3.8, 4) is 0 Å². The molecule has 0 radical (unpaired) electrons. The van der Waals surface area contributed by atoms with Gasteiger partial charge in [-0.05, 0) is 18.6 Å². The Balaban J connectivity index is 2.88. The van der Waals surface area contributed by atoms with Crippen molar-refractivity contribution >= 4 is 5.97 Å². The molecular weight excluding hydrogens is 184 g/mol. The minimum absolute atomic E-state index is 0.00551. The van der Waals surface area contributed by atoms with Gasteiger partial charge in [0, 0.05) is 12.3 Å². The van der Waals surface area contributed by atoms with E-state index >= 15 is 0 Å². The van der Waals surface area contributed by atoms with Crippen LogP contribution in [-0.2, 0) is 11.3 Å². The van der Waals surface area contributed by atoms with E-state index in [0.717, 1.165) is 5.56 Å². The lowest BCUT2D eigenvalue weighted by molar-refractivity contribution is -0.138. The lowest BCUT2D eigenvalue weighted by Crippen LogP contribution is -2.37. The van der Waals surface area contributed by atoms with Gasteiger partial charge in [-0.3, -0.25) is 9.59 Å². The summed E-state index contributed by atoms with van der Waals surface area (Å²) in [5.74, 6) is -1.11. The molecule has 1 heterocycles. The second kappa shape index (κ2) is 4.06. The Labute approximate surface area is 80.8 Å². The molecule has 0 saturated carbocycles. The van der Waals surface area contributed by atoms with Gasteiger partial charge < -0.3 is 15.4 Å². The first-order valence-corrected chi connectivity index (χ1v) is 4.16. The average Bonchev–Trinajstić information content (AvgIpc) is 2.09. The zero-order valence-corrected chi connectivity index (χ0v) is 7.80. The van der Waals surface area contributed by atoms with Crippen molar-refractivity contribution in [3.63, 3.8) is 0 Å². The fourth-order valence-corrected chi connectivity index (χ4v) is 1.05. The molecule has 0 aromatic carbocycles. The van der Waals surface area contributed by atoms with Crippen molar-refractivity contribution in [2.75, 3.05) is 0 Å². The summed E-state index contributed by atoms with van der Waals surface area (Å²) in [5.41, 5.74) is 5.90. The van der Waals surface area contributed by atoms with Crippen LogP contribution in [0.1, 0.15) is 5.56 Å². The molecule has 0 aliphatic rings. The number of nitrogens with zero attached hydrogens (tertiary/aromatic N) is 1. The number of carboxylic acids is 1. The van der Waals surface area contributed by atoms with Crippen molar-refractivity contribution in [2.45, 2.75) is 19.5 Å². The molecule has 0 aliphatic carbocycles. The Hall–Kier alpha value is -1.62. The number of aromatic nitrogens is 1. The highest BCUT2D eigenvalue weighted by Crippen LogP contribution is 1.92. The normalized spacial score (nSPS) is 12.4. The Morgan fingerprint density at radius 2 is 2.36 bits per heavy atom. The molecular formula is C9H12N2O3. The molecule has 14 heavy (non-hydrogen) atoms. The number of aryl methyl sites for hydroxylation is 1. The van der Waals surface area contributed by atoms with E-state index in [1.165, 1.54) is 10.6 Å². The summed E-state index contributed by atoms with van der Waals surface area (Å²) in [6.45, 7) is 1.79. The predicted octanol–water partition coefficient (Wildman–Crippen LogP) is -0.431. The van der Waals surface area contributed by atoms with Crippen molar-refractivity contribution in [2.24, 2.45) is 5.73 Å². The number of carbonyl (C=O) groups is 1. The minimum atomic E-state index is -1.11. The smallest absolute Gasteiger partial charge is 0.322 e. The molecule has 1 atom stereocenters. The number of carboxylic acid groups (broad SMARTS) is 1. The first-order valence-electron chi connectivity index (χ1n) is 4.16. The molecule has 0 saturated heterocycles. The van der Waals surface area contributed by atoms with Gasteiger partial charge in [-0.1, -0.05) is 0 Å². The third-order valence-electron chi connectivity index (χ3n) is 1.86. The van der Waals surface area contributed by atoms with Gasteiger partial charge in [-0.2, -0.15) is 0 Å². The van der Waals surface area contributed by atoms with Crippen molar-refractivity contribution in [1.29, 1.82) is 0 Å². The first-order chi connectivity index (χ1) is 6.50. The second-order valence-corrected chi connectivity index (χ2v) is 3.14. The van der Waals surface area contributed by atoms with Crippen LogP contribution in [0.25, 0.3) is 0 Å². The van der Waals surface area contributed by atoms with E-state index in [4.69, 9.17) is 10.8 Å². The fourth-order valence-electron chi connectivity index (χ4n) is 1.05. The molecule has 3 N–H and O–H groups in total. The van der Waals surface area contributed by atoms with Gasteiger partial charge in [-0.25, -0.2) is 0 Å². The maximum absolute atomic E-state index is 11.3. The van der Waals surface area contributed by atoms with Crippen LogP contribution in [0.5, 0.6) is 0 Å². The molecule has 5 nitrogen and oxygen atoms in total. The zero-order valence-electron chi connectivity index (χ0n) is 7.80. The van der Waals surface area contributed by atoms with Crippen molar-refractivity contribution < 1.29 is 9.90 Å². The lowest BCUT2D eigenvalue weighted by Gasteiger charge is -2.08.